The Morgan fingerprint density at radius 1 is 1.58 bits per heavy atom. The number of ketones is 1. The molecule has 1 aliphatic heterocycles. The number of hydrogen-bond acceptors (Lipinski definition) is 4. The highest BCUT2D eigenvalue weighted by atomic mass is 79.9. The molecular formula is C14H18BrNO3. The fourth-order valence-corrected chi connectivity index (χ4v) is 2.68. The minimum Gasteiger partial charge on any atom is -0.491 e. The molecule has 0 radical (unpaired) electrons. The summed E-state index contributed by atoms with van der Waals surface area (Å²) in [4.78, 5) is 11.6. The molecule has 0 bridgehead atoms. The number of hydrogen-bond donors (Lipinski definition) is 1. The van der Waals surface area contributed by atoms with E-state index in [2.05, 4.69) is 15.9 Å². The number of nitrogen functional groups attached to an aromatic ring is 1. The predicted molar refractivity (Wildman–Crippen MR) is 77.6 cm³/mol. The molecule has 1 fully saturated rings. The maximum Gasteiger partial charge on any atom is 0.163 e. The molecule has 1 aromatic rings. The first-order chi connectivity index (χ1) is 9.08. The van der Waals surface area contributed by atoms with E-state index >= 15 is 0 Å². The molecule has 1 aliphatic rings. The summed E-state index contributed by atoms with van der Waals surface area (Å²) < 4.78 is 12.0. The summed E-state index contributed by atoms with van der Waals surface area (Å²) >= 11 is 3.33. The molecule has 104 valence electrons. The molecule has 0 saturated carbocycles. The van der Waals surface area contributed by atoms with E-state index in [-0.39, 0.29) is 11.9 Å². The topological polar surface area (TPSA) is 61.6 Å². The Hall–Kier alpha value is -1.07. The minimum atomic E-state index is -0.0554. The molecule has 5 heteroatoms. The molecule has 1 atom stereocenters. The number of halogens is 1. The van der Waals surface area contributed by atoms with Gasteiger partial charge in [0.2, 0.25) is 0 Å². The number of benzene rings is 1. The first-order valence-corrected chi connectivity index (χ1v) is 7.21. The summed E-state index contributed by atoms with van der Waals surface area (Å²) in [7, 11) is 0. The van der Waals surface area contributed by atoms with Crippen LogP contribution in [0.1, 0.15) is 36.5 Å². The predicted octanol–water partition coefficient (Wildman–Crippen LogP) is 3.18. The van der Waals surface area contributed by atoms with Crippen LogP contribution in [0.25, 0.3) is 0 Å². The first-order valence-electron chi connectivity index (χ1n) is 6.42. The normalized spacial score (nSPS) is 18.5. The van der Waals surface area contributed by atoms with Crippen molar-refractivity contribution in [2.75, 3.05) is 18.9 Å². The Bertz CT molecular complexity index is 470. The smallest absolute Gasteiger partial charge is 0.163 e. The van der Waals surface area contributed by atoms with Crippen molar-refractivity contribution in [2.24, 2.45) is 0 Å². The van der Waals surface area contributed by atoms with E-state index in [9.17, 15) is 4.79 Å². The van der Waals surface area contributed by atoms with Crippen molar-refractivity contribution in [3.8, 4) is 5.75 Å². The lowest BCUT2D eigenvalue weighted by molar-refractivity contribution is 0.0899. The highest BCUT2D eigenvalue weighted by molar-refractivity contribution is 9.10. The fourth-order valence-electron chi connectivity index (χ4n) is 2.20. The Labute approximate surface area is 121 Å². The van der Waals surface area contributed by atoms with E-state index < -0.39 is 0 Å². The van der Waals surface area contributed by atoms with Gasteiger partial charge >= 0.3 is 0 Å². The number of carbonyl (C=O) groups excluding carboxylic acids is 1. The van der Waals surface area contributed by atoms with Crippen LogP contribution in [0.15, 0.2) is 16.6 Å². The second-order valence-electron chi connectivity index (χ2n) is 4.70. The van der Waals surface area contributed by atoms with Gasteiger partial charge in [-0.2, -0.15) is 0 Å². The summed E-state index contributed by atoms with van der Waals surface area (Å²) in [6, 6.07) is 3.48. The van der Waals surface area contributed by atoms with Gasteiger partial charge in [0.1, 0.15) is 0 Å². The van der Waals surface area contributed by atoms with Gasteiger partial charge in [0.05, 0.1) is 24.0 Å². The van der Waals surface area contributed by atoms with Crippen molar-refractivity contribution < 1.29 is 14.3 Å². The van der Waals surface area contributed by atoms with Crippen LogP contribution >= 0.6 is 15.9 Å². The highest BCUT2D eigenvalue weighted by Gasteiger charge is 2.17. The lowest BCUT2D eigenvalue weighted by Crippen LogP contribution is -2.12. The molecule has 19 heavy (non-hydrogen) atoms. The fraction of sp³-hybridized carbons (Fsp3) is 0.500. The van der Waals surface area contributed by atoms with E-state index in [0.29, 0.717) is 23.6 Å². The molecule has 0 aliphatic carbocycles. The lowest BCUT2D eigenvalue weighted by Gasteiger charge is -2.15. The molecule has 1 saturated heterocycles. The standard InChI is InChI=1S/C14H18BrNO3/c1-9(17)12-7-10(15)8-13(16)14(12)19-6-4-11-3-2-5-18-11/h7-8,11H,2-6,16H2,1H3. The van der Waals surface area contributed by atoms with Gasteiger partial charge in [-0.05, 0) is 31.9 Å². The van der Waals surface area contributed by atoms with Crippen molar-refractivity contribution >= 4 is 27.4 Å². The maximum absolute atomic E-state index is 11.6. The van der Waals surface area contributed by atoms with Crippen LogP contribution in [0.4, 0.5) is 5.69 Å². The highest BCUT2D eigenvalue weighted by Crippen LogP contribution is 2.31. The molecule has 1 unspecified atom stereocenters. The minimum absolute atomic E-state index is 0.0554. The molecule has 2 N–H and O–H groups in total. The van der Waals surface area contributed by atoms with Crippen LogP contribution < -0.4 is 10.5 Å². The van der Waals surface area contributed by atoms with Crippen molar-refractivity contribution in [1.82, 2.24) is 0 Å². The van der Waals surface area contributed by atoms with Crippen LogP contribution in [0.2, 0.25) is 0 Å². The zero-order chi connectivity index (χ0) is 13.8. The van der Waals surface area contributed by atoms with Crippen LogP contribution in [0.5, 0.6) is 5.75 Å². The van der Waals surface area contributed by atoms with Gasteiger partial charge in [0.25, 0.3) is 0 Å². The van der Waals surface area contributed by atoms with E-state index in [4.69, 9.17) is 15.2 Å². The van der Waals surface area contributed by atoms with Crippen molar-refractivity contribution in [1.29, 1.82) is 0 Å². The molecule has 1 aromatic carbocycles. The van der Waals surface area contributed by atoms with Gasteiger partial charge in [0.15, 0.2) is 11.5 Å². The molecule has 0 aromatic heterocycles. The number of anilines is 1. The quantitative estimate of drug-likeness (QED) is 0.666. The molecule has 0 spiro atoms. The van der Waals surface area contributed by atoms with Gasteiger partial charge in [-0.3, -0.25) is 4.79 Å². The van der Waals surface area contributed by atoms with Crippen LogP contribution in [-0.4, -0.2) is 25.1 Å². The second-order valence-corrected chi connectivity index (χ2v) is 5.62. The monoisotopic (exact) mass is 327 g/mol. The molecule has 4 nitrogen and oxygen atoms in total. The number of rotatable bonds is 5. The zero-order valence-corrected chi connectivity index (χ0v) is 12.5. The Kier molecular flexibility index (Phi) is 4.82. The van der Waals surface area contributed by atoms with Gasteiger partial charge < -0.3 is 15.2 Å². The number of ether oxygens (including phenoxy) is 2. The lowest BCUT2D eigenvalue weighted by atomic mass is 10.1. The SMILES string of the molecule is CC(=O)c1cc(Br)cc(N)c1OCCC1CCCO1. The zero-order valence-electron chi connectivity index (χ0n) is 10.9. The number of nitrogens with two attached hydrogens (primary N) is 1. The summed E-state index contributed by atoms with van der Waals surface area (Å²) in [5.41, 5.74) is 6.91. The first kappa shape index (κ1) is 14.3. The average molecular weight is 328 g/mol. The van der Waals surface area contributed by atoms with E-state index in [1.54, 1.807) is 12.1 Å². The van der Waals surface area contributed by atoms with Gasteiger partial charge in [-0.15, -0.1) is 0 Å². The van der Waals surface area contributed by atoms with Crippen LogP contribution in [0.3, 0.4) is 0 Å². The third-order valence-electron chi connectivity index (χ3n) is 3.17. The third-order valence-corrected chi connectivity index (χ3v) is 3.63. The Morgan fingerprint density at radius 2 is 2.37 bits per heavy atom. The molecular weight excluding hydrogens is 310 g/mol. The summed E-state index contributed by atoms with van der Waals surface area (Å²) in [6.45, 7) is 2.86. The molecule has 2 rings (SSSR count). The van der Waals surface area contributed by atoms with Crippen LogP contribution in [-0.2, 0) is 4.74 Å². The van der Waals surface area contributed by atoms with Crippen molar-refractivity contribution in [3.05, 3.63) is 22.2 Å². The number of carbonyl (C=O) groups is 1. The van der Waals surface area contributed by atoms with Crippen molar-refractivity contribution in [2.45, 2.75) is 32.3 Å². The average Bonchev–Trinajstić information content (AvgIpc) is 2.84. The Morgan fingerprint density at radius 3 is 3.00 bits per heavy atom. The summed E-state index contributed by atoms with van der Waals surface area (Å²) in [5, 5.41) is 0. The van der Waals surface area contributed by atoms with Crippen molar-refractivity contribution in [3.63, 3.8) is 0 Å². The largest absolute Gasteiger partial charge is 0.491 e. The molecule has 1 heterocycles. The maximum atomic E-state index is 11.6. The van der Waals surface area contributed by atoms with Gasteiger partial charge in [0, 0.05) is 17.5 Å². The third kappa shape index (κ3) is 3.70. The Balaban J connectivity index is 2.03. The van der Waals surface area contributed by atoms with Gasteiger partial charge in [-0.1, -0.05) is 15.9 Å². The van der Waals surface area contributed by atoms with E-state index in [1.807, 2.05) is 0 Å². The summed E-state index contributed by atoms with van der Waals surface area (Å²) in [5.74, 6) is 0.425. The second kappa shape index (κ2) is 6.39. The van der Waals surface area contributed by atoms with E-state index in [0.717, 1.165) is 30.3 Å². The van der Waals surface area contributed by atoms with Crippen LogP contribution in [0, 0.1) is 0 Å². The molecule has 0 amide bonds. The summed E-state index contributed by atoms with van der Waals surface area (Å²) in [6.07, 6.45) is 3.30. The van der Waals surface area contributed by atoms with E-state index in [1.165, 1.54) is 6.92 Å². The number of Topliss-reactive ketones (excluding diaryl/α,β-unsaturated/α-hetero) is 1. The van der Waals surface area contributed by atoms with Gasteiger partial charge in [-0.25, -0.2) is 0 Å².